The Morgan fingerprint density at radius 2 is 2.15 bits per heavy atom. The van der Waals surface area contributed by atoms with Crippen LogP contribution in [0.5, 0.6) is 0 Å². The highest BCUT2D eigenvalue weighted by atomic mass is 19.4. The van der Waals surface area contributed by atoms with Crippen molar-refractivity contribution >= 4 is 11.6 Å². The molecule has 2 N–H and O–H groups in total. The number of hydrogen-bond donors (Lipinski definition) is 1. The third kappa shape index (κ3) is 2.98. The Hall–Kier alpha value is -2.69. The SMILES string of the molecule is Cc1c(-c2ncco2)nc(N)n2nc([C@@H]3CCN(CC(F)(F)F)C3)nc12. The van der Waals surface area contributed by atoms with E-state index < -0.39 is 12.7 Å². The van der Waals surface area contributed by atoms with Crippen molar-refractivity contribution in [3.8, 4) is 11.6 Å². The van der Waals surface area contributed by atoms with E-state index in [1.54, 1.807) is 6.92 Å². The Balaban J connectivity index is 1.66. The van der Waals surface area contributed by atoms with Crippen molar-refractivity contribution in [2.45, 2.75) is 25.4 Å². The van der Waals surface area contributed by atoms with E-state index in [4.69, 9.17) is 10.2 Å². The van der Waals surface area contributed by atoms with Gasteiger partial charge in [0.15, 0.2) is 11.5 Å². The predicted molar refractivity (Wildman–Crippen MR) is 85.3 cm³/mol. The first-order valence-corrected chi connectivity index (χ1v) is 8.03. The van der Waals surface area contributed by atoms with E-state index >= 15 is 0 Å². The Kier molecular flexibility index (Phi) is 3.83. The quantitative estimate of drug-likeness (QED) is 0.756. The Labute approximate surface area is 145 Å². The molecule has 138 valence electrons. The minimum atomic E-state index is -4.21. The number of likely N-dealkylation sites (tertiary alicyclic amines) is 1. The van der Waals surface area contributed by atoms with Crippen molar-refractivity contribution < 1.29 is 17.6 Å². The number of rotatable bonds is 3. The first-order chi connectivity index (χ1) is 12.3. The molecule has 8 nitrogen and oxygen atoms in total. The fourth-order valence-electron chi connectivity index (χ4n) is 3.24. The maximum atomic E-state index is 12.6. The summed E-state index contributed by atoms with van der Waals surface area (Å²) in [5, 5.41) is 4.37. The van der Waals surface area contributed by atoms with E-state index in [2.05, 4.69) is 20.1 Å². The van der Waals surface area contributed by atoms with Crippen LogP contribution in [-0.2, 0) is 0 Å². The first-order valence-electron chi connectivity index (χ1n) is 8.03. The molecular formula is C15H16F3N7O. The Morgan fingerprint density at radius 3 is 2.85 bits per heavy atom. The van der Waals surface area contributed by atoms with Gasteiger partial charge < -0.3 is 10.2 Å². The van der Waals surface area contributed by atoms with Crippen molar-refractivity contribution in [3.63, 3.8) is 0 Å². The molecule has 0 bridgehead atoms. The molecule has 0 amide bonds. The number of aryl methyl sites for hydroxylation is 1. The van der Waals surface area contributed by atoms with Crippen LogP contribution in [0, 0.1) is 6.92 Å². The topological polar surface area (TPSA) is 98.4 Å². The molecule has 0 spiro atoms. The Morgan fingerprint density at radius 1 is 1.35 bits per heavy atom. The highest BCUT2D eigenvalue weighted by Gasteiger charge is 2.36. The lowest BCUT2D eigenvalue weighted by Gasteiger charge is -2.17. The van der Waals surface area contributed by atoms with Crippen LogP contribution in [0.1, 0.15) is 23.7 Å². The number of alkyl halides is 3. The smallest absolute Gasteiger partial charge is 0.401 e. The molecule has 3 aromatic heterocycles. The van der Waals surface area contributed by atoms with Gasteiger partial charge in [-0.3, -0.25) is 4.90 Å². The van der Waals surface area contributed by atoms with Gasteiger partial charge in [-0.2, -0.15) is 17.7 Å². The lowest BCUT2D eigenvalue weighted by molar-refractivity contribution is -0.143. The zero-order valence-corrected chi connectivity index (χ0v) is 13.9. The maximum absolute atomic E-state index is 12.6. The number of nitrogens with two attached hydrogens (primary N) is 1. The number of hydrogen-bond acceptors (Lipinski definition) is 7. The molecule has 0 aromatic carbocycles. The number of nitrogen functional groups attached to an aromatic ring is 1. The minimum absolute atomic E-state index is 0.114. The monoisotopic (exact) mass is 367 g/mol. The number of oxazole rings is 1. The molecule has 4 heterocycles. The van der Waals surface area contributed by atoms with Crippen molar-refractivity contribution in [1.29, 1.82) is 0 Å². The molecule has 3 aromatic rings. The molecule has 4 rings (SSSR count). The van der Waals surface area contributed by atoms with E-state index in [1.165, 1.54) is 21.9 Å². The highest BCUT2D eigenvalue weighted by molar-refractivity contribution is 5.65. The summed E-state index contributed by atoms with van der Waals surface area (Å²) in [6, 6.07) is 0. The molecule has 0 unspecified atom stereocenters. The summed E-state index contributed by atoms with van der Waals surface area (Å²) < 4.78 is 44.4. The van der Waals surface area contributed by atoms with Crippen LogP contribution in [0.4, 0.5) is 19.1 Å². The predicted octanol–water partition coefficient (Wildman–Crippen LogP) is 2.02. The van der Waals surface area contributed by atoms with Crippen molar-refractivity contribution in [2.24, 2.45) is 0 Å². The number of halogens is 3. The second kappa shape index (κ2) is 5.94. The second-order valence-corrected chi connectivity index (χ2v) is 6.32. The summed E-state index contributed by atoms with van der Waals surface area (Å²) in [6.45, 7) is 1.49. The van der Waals surface area contributed by atoms with Gasteiger partial charge in [-0.1, -0.05) is 0 Å². The molecule has 0 aliphatic carbocycles. The lowest BCUT2D eigenvalue weighted by atomic mass is 10.1. The van der Waals surface area contributed by atoms with E-state index in [-0.39, 0.29) is 18.4 Å². The zero-order chi connectivity index (χ0) is 18.5. The normalized spacial score (nSPS) is 18.8. The number of anilines is 1. The summed E-state index contributed by atoms with van der Waals surface area (Å²) in [6.07, 6.45) is -0.719. The lowest BCUT2D eigenvalue weighted by Crippen LogP contribution is -2.32. The van der Waals surface area contributed by atoms with Crippen molar-refractivity contribution in [2.75, 3.05) is 25.4 Å². The first kappa shape index (κ1) is 16.8. The van der Waals surface area contributed by atoms with Crippen molar-refractivity contribution in [3.05, 3.63) is 23.8 Å². The molecule has 1 atom stereocenters. The van der Waals surface area contributed by atoms with E-state index in [9.17, 15) is 13.2 Å². The van der Waals surface area contributed by atoms with Crippen LogP contribution in [0.15, 0.2) is 16.9 Å². The molecule has 1 aliphatic heterocycles. The molecule has 11 heteroatoms. The second-order valence-electron chi connectivity index (χ2n) is 6.32. The average molecular weight is 367 g/mol. The maximum Gasteiger partial charge on any atom is 0.401 e. The van der Waals surface area contributed by atoms with Gasteiger partial charge in [0.25, 0.3) is 0 Å². The summed E-state index contributed by atoms with van der Waals surface area (Å²) in [5.74, 6) is 0.721. The average Bonchev–Trinajstić information content (AvgIpc) is 3.28. The van der Waals surface area contributed by atoms with E-state index in [1.807, 2.05) is 0 Å². The van der Waals surface area contributed by atoms with Gasteiger partial charge in [-0.25, -0.2) is 15.0 Å². The Bertz CT molecular complexity index is 935. The highest BCUT2D eigenvalue weighted by Crippen LogP contribution is 2.30. The fraction of sp³-hybridized carbons (Fsp3) is 0.467. The van der Waals surface area contributed by atoms with Gasteiger partial charge in [0, 0.05) is 18.0 Å². The van der Waals surface area contributed by atoms with Gasteiger partial charge in [-0.15, -0.1) is 5.10 Å². The van der Waals surface area contributed by atoms with Gasteiger partial charge in [0.2, 0.25) is 11.8 Å². The molecular weight excluding hydrogens is 351 g/mol. The van der Waals surface area contributed by atoms with Gasteiger partial charge in [0.1, 0.15) is 12.0 Å². The summed E-state index contributed by atoms with van der Waals surface area (Å²) >= 11 is 0. The van der Waals surface area contributed by atoms with Gasteiger partial charge >= 0.3 is 6.18 Å². The van der Waals surface area contributed by atoms with Gasteiger partial charge in [-0.05, 0) is 19.9 Å². The third-order valence-electron chi connectivity index (χ3n) is 4.43. The molecule has 26 heavy (non-hydrogen) atoms. The standard InChI is InChI=1S/C15H16F3N7O/c1-8-10(13-20-3-5-26-13)21-14(19)25-12(8)22-11(23-25)9-2-4-24(6-9)7-15(16,17)18/h3,5,9H,2,4,6-7H2,1H3,(H2,19,21)/t9-/m1/s1. The number of fused-ring (bicyclic) bond motifs is 1. The van der Waals surface area contributed by atoms with Crippen LogP contribution in [-0.4, -0.2) is 55.3 Å². The minimum Gasteiger partial charge on any atom is -0.443 e. The van der Waals surface area contributed by atoms with Gasteiger partial charge in [0.05, 0.1) is 12.7 Å². The molecule has 1 aliphatic rings. The van der Waals surface area contributed by atoms with Crippen LogP contribution < -0.4 is 5.73 Å². The number of aromatic nitrogens is 5. The van der Waals surface area contributed by atoms with E-state index in [0.29, 0.717) is 41.6 Å². The molecule has 1 fully saturated rings. The van der Waals surface area contributed by atoms with Crippen LogP contribution in [0.2, 0.25) is 0 Å². The van der Waals surface area contributed by atoms with Crippen LogP contribution in [0.25, 0.3) is 17.2 Å². The van der Waals surface area contributed by atoms with Crippen LogP contribution >= 0.6 is 0 Å². The number of nitrogens with zero attached hydrogens (tertiary/aromatic N) is 6. The third-order valence-corrected chi connectivity index (χ3v) is 4.43. The van der Waals surface area contributed by atoms with Crippen molar-refractivity contribution in [1.82, 2.24) is 29.5 Å². The fourth-order valence-corrected chi connectivity index (χ4v) is 3.24. The van der Waals surface area contributed by atoms with Crippen LogP contribution in [0.3, 0.4) is 0 Å². The zero-order valence-electron chi connectivity index (χ0n) is 13.9. The summed E-state index contributed by atoms with van der Waals surface area (Å²) in [5.41, 5.74) is 7.62. The van der Waals surface area contributed by atoms with E-state index in [0.717, 1.165) is 0 Å². The summed E-state index contributed by atoms with van der Waals surface area (Å²) in [4.78, 5) is 14.2. The molecule has 1 saturated heterocycles. The molecule has 0 radical (unpaired) electrons. The molecule has 0 saturated carbocycles. The largest absolute Gasteiger partial charge is 0.443 e. The summed E-state index contributed by atoms with van der Waals surface area (Å²) in [7, 11) is 0.